The molecule has 0 saturated heterocycles. The van der Waals surface area contributed by atoms with E-state index in [-0.39, 0.29) is 12.1 Å². The normalized spacial score (nSPS) is 15.2. The Labute approximate surface area is 155 Å². The molecule has 1 atom stereocenters. The van der Waals surface area contributed by atoms with Crippen LogP contribution in [0, 0.1) is 0 Å². The van der Waals surface area contributed by atoms with E-state index in [1.165, 1.54) is 17.1 Å². The van der Waals surface area contributed by atoms with Gasteiger partial charge in [-0.3, -0.25) is 5.32 Å². The molecule has 0 saturated carbocycles. The molecule has 4 rings (SSSR count). The van der Waals surface area contributed by atoms with E-state index in [0.29, 0.717) is 17.5 Å². The van der Waals surface area contributed by atoms with Gasteiger partial charge in [-0.05, 0) is 11.6 Å². The molecule has 26 heavy (non-hydrogen) atoms. The largest absolute Gasteiger partial charge is 0.488 e. The molecule has 1 aromatic heterocycles. The van der Waals surface area contributed by atoms with Gasteiger partial charge in [0.2, 0.25) is 5.13 Å². The average molecular weight is 366 g/mol. The minimum Gasteiger partial charge on any atom is -0.488 e. The molecule has 0 fully saturated rings. The summed E-state index contributed by atoms with van der Waals surface area (Å²) in [6, 6.07) is 17.4. The van der Waals surface area contributed by atoms with Crippen molar-refractivity contribution in [1.82, 2.24) is 14.3 Å². The number of carbonyl (C=O) groups excluding carboxylic acids is 1. The van der Waals surface area contributed by atoms with Crippen LogP contribution in [0.25, 0.3) is 11.4 Å². The predicted octanol–water partition coefficient (Wildman–Crippen LogP) is 3.67. The summed E-state index contributed by atoms with van der Waals surface area (Å²) >= 11 is 1.17. The van der Waals surface area contributed by atoms with E-state index in [4.69, 9.17) is 4.74 Å². The Morgan fingerprint density at radius 1 is 1.23 bits per heavy atom. The lowest BCUT2D eigenvalue weighted by Crippen LogP contribution is -2.38. The van der Waals surface area contributed by atoms with Crippen LogP contribution in [-0.2, 0) is 6.42 Å². The number of rotatable bonds is 4. The number of amides is 2. The maximum atomic E-state index is 12.4. The van der Waals surface area contributed by atoms with Gasteiger partial charge in [-0.25, -0.2) is 4.79 Å². The van der Waals surface area contributed by atoms with Crippen molar-refractivity contribution in [2.75, 3.05) is 18.9 Å². The molecule has 3 aromatic rings. The van der Waals surface area contributed by atoms with Crippen LogP contribution in [0.5, 0.6) is 5.75 Å². The minimum atomic E-state index is -0.222. The van der Waals surface area contributed by atoms with Gasteiger partial charge >= 0.3 is 6.03 Å². The number of carbonyl (C=O) groups is 1. The van der Waals surface area contributed by atoms with Gasteiger partial charge in [0.25, 0.3) is 0 Å². The van der Waals surface area contributed by atoms with E-state index >= 15 is 0 Å². The summed E-state index contributed by atoms with van der Waals surface area (Å²) < 4.78 is 10.2. The summed E-state index contributed by atoms with van der Waals surface area (Å²) in [6.07, 6.45) is 0.780. The number of anilines is 1. The van der Waals surface area contributed by atoms with Crippen LogP contribution in [-0.4, -0.2) is 40.0 Å². The van der Waals surface area contributed by atoms with Crippen molar-refractivity contribution in [2.45, 2.75) is 12.5 Å². The van der Waals surface area contributed by atoms with Gasteiger partial charge in [-0.1, -0.05) is 48.5 Å². The Kier molecular flexibility index (Phi) is 4.53. The van der Waals surface area contributed by atoms with Crippen LogP contribution < -0.4 is 10.1 Å². The molecule has 0 bridgehead atoms. The third-order valence-electron chi connectivity index (χ3n) is 4.21. The monoisotopic (exact) mass is 366 g/mol. The standard InChI is InChI=1S/C19H18N4O2S/c1-23(12-15-11-14-9-5-6-10-16(14)25-15)19(24)21-18-20-17(22-26-18)13-7-3-2-4-8-13/h2-10,15H,11-12H2,1H3,(H,20,21,22,24)/t15-/m0/s1. The lowest BCUT2D eigenvalue weighted by Gasteiger charge is -2.20. The first kappa shape index (κ1) is 16.5. The number of para-hydroxylation sites is 1. The number of fused-ring (bicyclic) bond motifs is 1. The molecule has 2 aromatic carbocycles. The highest BCUT2D eigenvalue weighted by Gasteiger charge is 2.25. The van der Waals surface area contributed by atoms with Crippen LogP contribution in [0.1, 0.15) is 5.56 Å². The molecule has 0 unspecified atom stereocenters. The fourth-order valence-electron chi connectivity index (χ4n) is 2.91. The second-order valence-corrected chi connectivity index (χ2v) is 6.90. The smallest absolute Gasteiger partial charge is 0.323 e. The summed E-state index contributed by atoms with van der Waals surface area (Å²) in [4.78, 5) is 18.4. The number of likely N-dealkylation sites (N-methyl/N-ethyl adjacent to an activating group) is 1. The first-order valence-electron chi connectivity index (χ1n) is 8.35. The van der Waals surface area contributed by atoms with Crippen LogP contribution in [0.3, 0.4) is 0 Å². The summed E-state index contributed by atoms with van der Waals surface area (Å²) in [7, 11) is 1.75. The fourth-order valence-corrected chi connectivity index (χ4v) is 3.49. The molecular formula is C19H18N4O2S. The maximum absolute atomic E-state index is 12.4. The zero-order chi connectivity index (χ0) is 17.9. The SMILES string of the molecule is CN(C[C@@H]1Cc2ccccc2O1)C(=O)Nc1nc(-c2ccccc2)ns1. The average Bonchev–Trinajstić information content (AvgIpc) is 3.28. The summed E-state index contributed by atoms with van der Waals surface area (Å²) in [6.45, 7) is 0.505. The first-order valence-corrected chi connectivity index (χ1v) is 9.12. The van der Waals surface area contributed by atoms with E-state index in [0.717, 1.165) is 17.7 Å². The van der Waals surface area contributed by atoms with Crippen molar-refractivity contribution >= 4 is 22.7 Å². The van der Waals surface area contributed by atoms with Crippen molar-refractivity contribution in [3.05, 3.63) is 60.2 Å². The first-order chi connectivity index (χ1) is 12.7. The third-order valence-corrected chi connectivity index (χ3v) is 4.84. The molecular weight excluding hydrogens is 348 g/mol. The number of benzene rings is 2. The van der Waals surface area contributed by atoms with Gasteiger partial charge in [-0.15, -0.1) is 0 Å². The van der Waals surface area contributed by atoms with E-state index in [2.05, 4.69) is 20.7 Å². The second kappa shape index (κ2) is 7.13. The second-order valence-electron chi connectivity index (χ2n) is 6.15. The zero-order valence-corrected chi connectivity index (χ0v) is 15.1. The van der Waals surface area contributed by atoms with Crippen LogP contribution in [0.15, 0.2) is 54.6 Å². The van der Waals surface area contributed by atoms with Gasteiger partial charge in [0.05, 0.1) is 6.54 Å². The number of urea groups is 1. The van der Waals surface area contributed by atoms with Gasteiger partial charge in [0, 0.05) is 30.6 Å². The lowest BCUT2D eigenvalue weighted by atomic mass is 10.1. The molecule has 2 amide bonds. The Morgan fingerprint density at radius 2 is 2.00 bits per heavy atom. The van der Waals surface area contributed by atoms with Crippen molar-refractivity contribution < 1.29 is 9.53 Å². The van der Waals surface area contributed by atoms with Crippen molar-refractivity contribution in [3.63, 3.8) is 0 Å². The molecule has 0 spiro atoms. The fraction of sp³-hybridized carbons (Fsp3) is 0.211. The van der Waals surface area contributed by atoms with Gasteiger partial charge in [0.1, 0.15) is 11.9 Å². The Hall–Kier alpha value is -2.93. The quantitative estimate of drug-likeness (QED) is 0.765. The van der Waals surface area contributed by atoms with E-state index in [9.17, 15) is 4.79 Å². The van der Waals surface area contributed by atoms with Crippen molar-refractivity contribution in [1.29, 1.82) is 0 Å². The lowest BCUT2D eigenvalue weighted by molar-refractivity contribution is 0.172. The number of hydrogen-bond donors (Lipinski definition) is 1. The van der Waals surface area contributed by atoms with Crippen LogP contribution >= 0.6 is 11.5 Å². The van der Waals surface area contributed by atoms with Crippen molar-refractivity contribution in [3.8, 4) is 17.1 Å². The Morgan fingerprint density at radius 3 is 2.81 bits per heavy atom. The van der Waals surface area contributed by atoms with E-state index in [1.54, 1.807) is 11.9 Å². The number of nitrogens with one attached hydrogen (secondary N) is 1. The van der Waals surface area contributed by atoms with Crippen LogP contribution in [0.2, 0.25) is 0 Å². The molecule has 132 valence electrons. The Bertz CT molecular complexity index is 888. The van der Waals surface area contributed by atoms with Gasteiger partial charge in [-0.2, -0.15) is 9.36 Å². The number of aromatic nitrogens is 2. The molecule has 0 aliphatic carbocycles. The summed E-state index contributed by atoms with van der Waals surface area (Å²) in [5.41, 5.74) is 2.11. The topological polar surface area (TPSA) is 67.3 Å². The molecule has 1 aliphatic heterocycles. The number of ether oxygens (including phenoxy) is 1. The highest BCUT2D eigenvalue weighted by Crippen LogP contribution is 2.28. The predicted molar refractivity (Wildman–Crippen MR) is 102 cm³/mol. The van der Waals surface area contributed by atoms with E-state index < -0.39 is 0 Å². The highest BCUT2D eigenvalue weighted by atomic mass is 32.1. The molecule has 1 aliphatic rings. The Balaban J connectivity index is 1.34. The number of hydrogen-bond acceptors (Lipinski definition) is 5. The summed E-state index contributed by atoms with van der Waals surface area (Å²) in [5, 5.41) is 3.29. The van der Waals surface area contributed by atoms with Crippen molar-refractivity contribution in [2.24, 2.45) is 0 Å². The number of nitrogens with zero attached hydrogens (tertiary/aromatic N) is 3. The zero-order valence-electron chi connectivity index (χ0n) is 14.3. The highest BCUT2D eigenvalue weighted by molar-refractivity contribution is 7.10. The molecule has 1 N–H and O–H groups in total. The third kappa shape index (κ3) is 3.52. The molecule has 6 nitrogen and oxygen atoms in total. The van der Waals surface area contributed by atoms with Crippen LogP contribution in [0.4, 0.5) is 9.93 Å². The minimum absolute atomic E-state index is 0.0301. The molecule has 0 radical (unpaired) electrons. The van der Waals surface area contributed by atoms with Gasteiger partial charge in [0.15, 0.2) is 5.82 Å². The maximum Gasteiger partial charge on any atom is 0.323 e. The molecule has 7 heteroatoms. The summed E-state index contributed by atoms with van der Waals surface area (Å²) in [5.74, 6) is 1.52. The van der Waals surface area contributed by atoms with Gasteiger partial charge < -0.3 is 9.64 Å². The molecule has 2 heterocycles. The van der Waals surface area contributed by atoms with E-state index in [1.807, 2.05) is 48.5 Å².